The normalized spacial score (nSPS) is 11.2. The number of hydrazone groups is 1. The summed E-state index contributed by atoms with van der Waals surface area (Å²) in [6.45, 7) is 0. The van der Waals surface area contributed by atoms with Crippen molar-refractivity contribution >= 4 is 57.5 Å². The van der Waals surface area contributed by atoms with E-state index in [1.807, 2.05) is 60.7 Å². The summed E-state index contributed by atoms with van der Waals surface area (Å²) in [6.07, 6.45) is 5.30. The number of allylic oxidation sites excluding steroid dienone is 1. The molecule has 0 saturated heterocycles. The number of nitrogens with zero attached hydrogens (tertiary/aromatic N) is 4. The van der Waals surface area contributed by atoms with Crippen LogP contribution in [-0.2, 0) is 4.79 Å². The van der Waals surface area contributed by atoms with E-state index in [9.17, 15) is 4.79 Å². The first-order valence-corrected chi connectivity index (χ1v) is 10.3. The Morgan fingerprint density at radius 1 is 1.17 bits per heavy atom. The number of hydrogen-bond acceptors (Lipinski definition) is 7. The van der Waals surface area contributed by atoms with E-state index in [0.29, 0.717) is 10.8 Å². The smallest absolute Gasteiger partial charge is 0.264 e. The Bertz CT molecular complexity index is 1020. The third-order valence-corrected chi connectivity index (χ3v) is 5.19. The van der Waals surface area contributed by atoms with Crippen LogP contribution in [0.25, 0.3) is 6.08 Å². The van der Waals surface area contributed by atoms with Gasteiger partial charge in [-0.2, -0.15) is 5.10 Å². The highest BCUT2D eigenvalue weighted by molar-refractivity contribution is 9.10. The monoisotopic (exact) mass is 471 g/mol. The first-order chi connectivity index (χ1) is 14.1. The summed E-state index contributed by atoms with van der Waals surface area (Å²) in [5, 5.41) is 15.1. The van der Waals surface area contributed by atoms with Gasteiger partial charge in [0.1, 0.15) is 0 Å². The Labute approximate surface area is 180 Å². The van der Waals surface area contributed by atoms with Crippen LogP contribution in [0.5, 0.6) is 0 Å². The van der Waals surface area contributed by atoms with Crippen molar-refractivity contribution in [1.82, 2.24) is 14.9 Å². The lowest BCUT2D eigenvalue weighted by molar-refractivity contribution is -0.113. The van der Waals surface area contributed by atoms with E-state index in [1.165, 1.54) is 16.4 Å². The molecule has 1 aromatic heterocycles. The maximum atomic E-state index is 12.1. The molecule has 0 bridgehead atoms. The standard InChI is InChI=1S/C19H18BrN7OS/c20-15-10-4-5-11-16(15)23-17(28)13-29-19-26-25-18(27(19)21)24-22-12-6-9-14-7-2-1-3-8-14/h1-12H,13,21H2,(H,23,28)(H,24,25)/b9-6+,22-12+. The molecule has 3 aromatic rings. The van der Waals surface area contributed by atoms with Gasteiger partial charge in [-0.25, -0.2) is 10.1 Å². The van der Waals surface area contributed by atoms with Crippen molar-refractivity contribution in [2.45, 2.75) is 5.16 Å². The maximum absolute atomic E-state index is 12.1. The van der Waals surface area contributed by atoms with E-state index in [-0.39, 0.29) is 17.6 Å². The van der Waals surface area contributed by atoms with Gasteiger partial charge in [-0.15, -0.1) is 10.2 Å². The van der Waals surface area contributed by atoms with Crippen molar-refractivity contribution in [2.75, 3.05) is 22.3 Å². The number of nitrogens with one attached hydrogen (secondary N) is 2. The van der Waals surface area contributed by atoms with E-state index in [4.69, 9.17) is 5.84 Å². The number of carbonyl (C=O) groups excluding carboxylic acids is 1. The number of aromatic nitrogens is 3. The molecule has 0 aliphatic carbocycles. The number of halogens is 1. The molecule has 0 atom stereocenters. The SMILES string of the molecule is Nn1c(N/N=C/C=C/c2ccccc2)nnc1SCC(=O)Nc1ccccc1Br. The van der Waals surface area contributed by atoms with E-state index in [1.54, 1.807) is 12.3 Å². The number of amides is 1. The zero-order chi connectivity index (χ0) is 20.5. The second-order valence-corrected chi connectivity index (χ2v) is 7.45. The average molecular weight is 472 g/mol. The molecule has 148 valence electrons. The minimum absolute atomic E-state index is 0.139. The van der Waals surface area contributed by atoms with Gasteiger partial charge in [0.05, 0.1) is 11.4 Å². The van der Waals surface area contributed by atoms with Gasteiger partial charge in [0.2, 0.25) is 11.1 Å². The summed E-state index contributed by atoms with van der Waals surface area (Å²) < 4.78 is 2.06. The van der Waals surface area contributed by atoms with Gasteiger partial charge in [0.15, 0.2) is 0 Å². The van der Waals surface area contributed by atoms with Gasteiger partial charge in [0.25, 0.3) is 5.95 Å². The molecule has 29 heavy (non-hydrogen) atoms. The number of nitrogens with two attached hydrogens (primary N) is 1. The summed E-state index contributed by atoms with van der Waals surface area (Å²) in [6, 6.07) is 17.2. The van der Waals surface area contributed by atoms with Crippen molar-refractivity contribution in [1.29, 1.82) is 0 Å². The van der Waals surface area contributed by atoms with Crippen LogP contribution in [0.2, 0.25) is 0 Å². The molecular weight excluding hydrogens is 454 g/mol. The third-order valence-electron chi connectivity index (χ3n) is 3.56. The molecule has 0 saturated carbocycles. The molecule has 0 unspecified atom stereocenters. The molecule has 3 rings (SSSR count). The first-order valence-electron chi connectivity index (χ1n) is 8.52. The maximum Gasteiger partial charge on any atom is 0.264 e. The fourth-order valence-corrected chi connectivity index (χ4v) is 3.23. The van der Waals surface area contributed by atoms with Gasteiger partial charge in [-0.1, -0.05) is 60.3 Å². The van der Waals surface area contributed by atoms with E-state index < -0.39 is 0 Å². The molecule has 0 radical (unpaired) electrons. The van der Waals surface area contributed by atoms with E-state index in [0.717, 1.165) is 10.0 Å². The quantitative estimate of drug-likeness (QED) is 0.200. The number of hydrogen-bond donors (Lipinski definition) is 3. The number of benzene rings is 2. The van der Waals surface area contributed by atoms with Crippen LogP contribution < -0.4 is 16.6 Å². The minimum Gasteiger partial charge on any atom is -0.334 e. The third kappa shape index (κ3) is 6.19. The van der Waals surface area contributed by atoms with Gasteiger partial charge in [-0.05, 0) is 39.7 Å². The first kappa shape index (κ1) is 20.6. The van der Waals surface area contributed by atoms with Crippen molar-refractivity contribution < 1.29 is 4.79 Å². The lowest BCUT2D eigenvalue weighted by Crippen LogP contribution is -2.17. The highest BCUT2D eigenvalue weighted by atomic mass is 79.9. The molecule has 0 fully saturated rings. The Morgan fingerprint density at radius 3 is 2.72 bits per heavy atom. The Balaban J connectivity index is 1.49. The largest absolute Gasteiger partial charge is 0.334 e. The van der Waals surface area contributed by atoms with Gasteiger partial charge < -0.3 is 11.2 Å². The molecule has 1 heterocycles. The van der Waals surface area contributed by atoms with Crippen LogP contribution in [0.4, 0.5) is 11.6 Å². The second-order valence-electron chi connectivity index (χ2n) is 5.65. The number of rotatable bonds is 8. The molecule has 8 nitrogen and oxygen atoms in total. The second kappa shape index (κ2) is 10.4. The molecule has 10 heteroatoms. The minimum atomic E-state index is -0.177. The molecule has 0 aliphatic heterocycles. The van der Waals surface area contributed by atoms with Crippen LogP contribution in [0.1, 0.15) is 5.56 Å². The summed E-state index contributed by atoms with van der Waals surface area (Å²) in [4.78, 5) is 12.1. The predicted molar refractivity (Wildman–Crippen MR) is 121 cm³/mol. The number of nitrogen functional groups attached to an aromatic ring is 1. The van der Waals surface area contributed by atoms with E-state index >= 15 is 0 Å². The van der Waals surface area contributed by atoms with E-state index in [2.05, 4.69) is 42.0 Å². The van der Waals surface area contributed by atoms with Crippen LogP contribution in [0.3, 0.4) is 0 Å². The van der Waals surface area contributed by atoms with Crippen molar-refractivity contribution in [3.05, 3.63) is 70.7 Å². The van der Waals surface area contributed by atoms with Gasteiger partial charge in [-0.3, -0.25) is 4.79 Å². The van der Waals surface area contributed by atoms with Crippen LogP contribution >= 0.6 is 27.7 Å². The highest BCUT2D eigenvalue weighted by Crippen LogP contribution is 2.22. The molecule has 0 spiro atoms. The zero-order valence-electron chi connectivity index (χ0n) is 15.2. The highest BCUT2D eigenvalue weighted by Gasteiger charge is 2.12. The van der Waals surface area contributed by atoms with Gasteiger partial charge >= 0.3 is 0 Å². The average Bonchev–Trinajstić information content (AvgIpc) is 3.08. The molecule has 4 N–H and O–H groups in total. The van der Waals surface area contributed by atoms with Crippen LogP contribution in [-0.4, -0.2) is 32.7 Å². The molecule has 1 amide bonds. The zero-order valence-corrected chi connectivity index (χ0v) is 17.6. The fraction of sp³-hybridized carbons (Fsp3) is 0.0526. The lowest BCUT2D eigenvalue weighted by atomic mass is 10.2. The van der Waals surface area contributed by atoms with Crippen molar-refractivity contribution in [3.8, 4) is 0 Å². The molecular formula is C19H18BrN7OS. The topological polar surface area (TPSA) is 110 Å². The van der Waals surface area contributed by atoms with Crippen LogP contribution in [0, 0.1) is 0 Å². The number of thioether (sulfide) groups is 1. The Kier molecular flexibility index (Phi) is 7.42. The number of anilines is 2. The van der Waals surface area contributed by atoms with Crippen molar-refractivity contribution in [3.63, 3.8) is 0 Å². The Morgan fingerprint density at radius 2 is 1.93 bits per heavy atom. The molecule has 0 aliphatic rings. The fourth-order valence-electron chi connectivity index (χ4n) is 2.19. The Hall–Kier alpha value is -3.11. The van der Waals surface area contributed by atoms with Gasteiger partial charge in [0, 0.05) is 10.7 Å². The van der Waals surface area contributed by atoms with Crippen LogP contribution in [0.15, 0.2) is 75.4 Å². The molecule has 2 aromatic carbocycles. The number of carbonyl (C=O) groups is 1. The summed E-state index contributed by atoms with van der Waals surface area (Å²) in [5.41, 5.74) is 4.49. The lowest BCUT2D eigenvalue weighted by Gasteiger charge is -2.06. The number of para-hydroxylation sites is 1. The predicted octanol–water partition coefficient (Wildman–Crippen LogP) is 3.60. The summed E-state index contributed by atoms with van der Waals surface area (Å²) in [7, 11) is 0. The summed E-state index contributed by atoms with van der Waals surface area (Å²) in [5.74, 6) is 6.18. The summed E-state index contributed by atoms with van der Waals surface area (Å²) >= 11 is 4.56. The van der Waals surface area contributed by atoms with Crippen molar-refractivity contribution in [2.24, 2.45) is 5.10 Å².